The molecule has 0 aliphatic rings. The Labute approximate surface area is 113 Å². The highest BCUT2D eigenvalue weighted by atomic mass is 79.9. The fourth-order valence-electron chi connectivity index (χ4n) is 1.56. The van der Waals surface area contributed by atoms with Crippen molar-refractivity contribution in [3.05, 3.63) is 28.2 Å². The first-order valence-electron chi connectivity index (χ1n) is 6.04. The zero-order valence-electron chi connectivity index (χ0n) is 11.1. The summed E-state index contributed by atoms with van der Waals surface area (Å²) in [6, 6.07) is 6.11. The second kappa shape index (κ2) is 6.41. The van der Waals surface area contributed by atoms with Crippen molar-refractivity contribution in [2.75, 3.05) is 19.7 Å². The minimum absolute atomic E-state index is 0.148. The van der Waals surface area contributed by atoms with Crippen LogP contribution in [0.25, 0.3) is 0 Å². The number of ether oxygens (including phenoxy) is 1. The van der Waals surface area contributed by atoms with Gasteiger partial charge in [0.05, 0.1) is 6.61 Å². The van der Waals surface area contributed by atoms with Gasteiger partial charge >= 0.3 is 0 Å². The van der Waals surface area contributed by atoms with Crippen LogP contribution in [0.1, 0.15) is 26.3 Å². The molecule has 0 fully saturated rings. The smallest absolute Gasteiger partial charge is 0.122 e. The van der Waals surface area contributed by atoms with Crippen LogP contribution < -0.4 is 10.1 Å². The van der Waals surface area contributed by atoms with E-state index >= 15 is 0 Å². The molecule has 0 aliphatic heterocycles. The molecule has 1 N–H and O–H groups in total. The number of hydrogen-bond acceptors (Lipinski definition) is 2. The number of benzene rings is 1. The van der Waals surface area contributed by atoms with Crippen LogP contribution in [0.3, 0.4) is 0 Å². The molecule has 0 atom stereocenters. The molecule has 0 aromatic heterocycles. The minimum atomic E-state index is 0.148. The molecule has 0 saturated carbocycles. The first-order valence-corrected chi connectivity index (χ1v) is 6.83. The maximum atomic E-state index is 5.89. The molecule has 0 amide bonds. The number of hydrogen-bond donors (Lipinski definition) is 1. The van der Waals surface area contributed by atoms with Crippen LogP contribution in [-0.2, 0) is 0 Å². The normalized spacial score (nSPS) is 11.6. The summed E-state index contributed by atoms with van der Waals surface area (Å²) in [5.41, 5.74) is 1.31. The van der Waals surface area contributed by atoms with Crippen molar-refractivity contribution < 1.29 is 4.74 Å². The van der Waals surface area contributed by atoms with Gasteiger partial charge in [0.25, 0.3) is 0 Å². The average Bonchev–Trinajstić information content (AvgIpc) is 2.25. The Hall–Kier alpha value is -0.540. The maximum absolute atomic E-state index is 5.89. The molecule has 0 radical (unpaired) electrons. The van der Waals surface area contributed by atoms with E-state index in [2.05, 4.69) is 55.0 Å². The fraction of sp³-hybridized carbons (Fsp3) is 0.571. The number of halogens is 1. The molecule has 1 rings (SSSR count). The molecule has 0 spiro atoms. The summed E-state index contributed by atoms with van der Waals surface area (Å²) in [6.45, 7) is 11.3. The zero-order chi connectivity index (χ0) is 12.9. The van der Waals surface area contributed by atoms with E-state index in [1.54, 1.807) is 0 Å². The van der Waals surface area contributed by atoms with Crippen LogP contribution >= 0.6 is 15.9 Å². The number of rotatable bonds is 6. The lowest BCUT2D eigenvalue weighted by Gasteiger charge is -2.25. The largest absolute Gasteiger partial charge is 0.493 e. The molecule has 1 aromatic rings. The summed E-state index contributed by atoms with van der Waals surface area (Å²) in [5.74, 6) is 0.970. The van der Waals surface area contributed by atoms with Crippen molar-refractivity contribution in [1.82, 2.24) is 5.32 Å². The summed E-state index contributed by atoms with van der Waals surface area (Å²) in [4.78, 5) is 0. The van der Waals surface area contributed by atoms with Crippen molar-refractivity contribution in [1.29, 1.82) is 0 Å². The predicted molar refractivity (Wildman–Crippen MR) is 76.7 cm³/mol. The van der Waals surface area contributed by atoms with Crippen LogP contribution in [0.4, 0.5) is 0 Å². The van der Waals surface area contributed by atoms with Gasteiger partial charge in [-0.1, -0.05) is 36.7 Å². The summed E-state index contributed by atoms with van der Waals surface area (Å²) < 4.78 is 6.98. The van der Waals surface area contributed by atoms with E-state index in [1.165, 1.54) is 5.56 Å². The summed E-state index contributed by atoms with van der Waals surface area (Å²) in [7, 11) is 0. The molecular weight excluding hydrogens is 278 g/mol. The molecule has 17 heavy (non-hydrogen) atoms. The van der Waals surface area contributed by atoms with E-state index in [9.17, 15) is 0 Å². The van der Waals surface area contributed by atoms with Crippen molar-refractivity contribution in [2.45, 2.75) is 27.7 Å². The van der Waals surface area contributed by atoms with E-state index in [0.29, 0.717) is 0 Å². The fourth-order valence-corrected chi connectivity index (χ4v) is 2.04. The van der Waals surface area contributed by atoms with Gasteiger partial charge in [0.2, 0.25) is 0 Å². The standard InChI is InChI=1S/C14H22BrNO/c1-5-16-9-14(3,4)10-17-13-7-6-12(15)8-11(13)2/h6-8,16H,5,9-10H2,1-4H3. The molecular formula is C14H22BrNO. The summed E-state index contributed by atoms with van der Waals surface area (Å²) >= 11 is 3.46. The molecule has 2 nitrogen and oxygen atoms in total. The lowest BCUT2D eigenvalue weighted by molar-refractivity contribution is 0.176. The van der Waals surface area contributed by atoms with Gasteiger partial charge in [0, 0.05) is 16.4 Å². The highest BCUT2D eigenvalue weighted by Gasteiger charge is 2.18. The third-order valence-corrected chi connectivity index (χ3v) is 3.10. The molecule has 0 heterocycles. The molecule has 0 bridgehead atoms. The first-order chi connectivity index (χ1) is 7.94. The Morgan fingerprint density at radius 2 is 2.06 bits per heavy atom. The molecule has 0 saturated heterocycles. The Morgan fingerprint density at radius 1 is 1.35 bits per heavy atom. The Balaban J connectivity index is 2.54. The SMILES string of the molecule is CCNCC(C)(C)COc1ccc(Br)cc1C. The van der Waals surface area contributed by atoms with Crippen molar-refractivity contribution >= 4 is 15.9 Å². The van der Waals surface area contributed by atoms with Crippen LogP contribution in [0.2, 0.25) is 0 Å². The average molecular weight is 300 g/mol. The van der Waals surface area contributed by atoms with Crippen LogP contribution in [0, 0.1) is 12.3 Å². The highest BCUT2D eigenvalue weighted by Crippen LogP contribution is 2.24. The molecule has 0 unspecified atom stereocenters. The van der Waals surface area contributed by atoms with Gasteiger partial charge < -0.3 is 10.1 Å². The Bertz CT molecular complexity index is 363. The monoisotopic (exact) mass is 299 g/mol. The van der Waals surface area contributed by atoms with E-state index in [-0.39, 0.29) is 5.41 Å². The van der Waals surface area contributed by atoms with Gasteiger partial charge in [0.15, 0.2) is 0 Å². The van der Waals surface area contributed by atoms with Gasteiger partial charge in [0.1, 0.15) is 5.75 Å². The third-order valence-electron chi connectivity index (χ3n) is 2.61. The first kappa shape index (κ1) is 14.5. The van der Waals surface area contributed by atoms with Gasteiger partial charge in [-0.3, -0.25) is 0 Å². The minimum Gasteiger partial charge on any atom is -0.493 e. The van der Waals surface area contributed by atoms with Crippen molar-refractivity contribution in [3.8, 4) is 5.75 Å². The van der Waals surface area contributed by atoms with Gasteiger partial charge in [-0.2, -0.15) is 0 Å². The van der Waals surface area contributed by atoms with E-state index in [1.807, 2.05) is 12.1 Å². The van der Waals surface area contributed by atoms with Crippen molar-refractivity contribution in [2.24, 2.45) is 5.41 Å². The Morgan fingerprint density at radius 3 is 2.65 bits per heavy atom. The number of nitrogens with one attached hydrogen (secondary N) is 1. The summed E-state index contributed by atoms with van der Waals surface area (Å²) in [6.07, 6.45) is 0. The molecule has 0 aliphatic carbocycles. The van der Waals surface area contributed by atoms with E-state index in [4.69, 9.17) is 4.74 Å². The molecule has 1 aromatic carbocycles. The molecule has 3 heteroatoms. The Kier molecular flexibility index (Phi) is 5.47. The number of aryl methyl sites for hydroxylation is 1. The second-order valence-electron chi connectivity index (χ2n) is 5.14. The van der Waals surface area contributed by atoms with Crippen LogP contribution in [-0.4, -0.2) is 19.7 Å². The van der Waals surface area contributed by atoms with Crippen molar-refractivity contribution in [3.63, 3.8) is 0 Å². The van der Waals surface area contributed by atoms with E-state index < -0.39 is 0 Å². The topological polar surface area (TPSA) is 21.3 Å². The quantitative estimate of drug-likeness (QED) is 0.863. The van der Waals surface area contributed by atoms with Gasteiger partial charge in [-0.05, 0) is 37.2 Å². The van der Waals surface area contributed by atoms with Crippen LogP contribution in [0.5, 0.6) is 5.75 Å². The second-order valence-corrected chi connectivity index (χ2v) is 6.06. The maximum Gasteiger partial charge on any atom is 0.122 e. The summed E-state index contributed by atoms with van der Waals surface area (Å²) in [5, 5.41) is 3.36. The molecule has 96 valence electrons. The van der Waals surface area contributed by atoms with Crippen LogP contribution in [0.15, 0.2) is 22.7 Å². The highest BCUT2D eigenvalue weighted by molar-refractivity contribution is 9.10. The predicted octanol–water partition coefficient (Wildman–Crippen LogP) is 3.77. The van der Waals surface area contributed by atoms with Gasteiger partial charge in [-0.25, -0.2) is 0 Å². The lowest BCUT2D eigenvalue weighted by Crippen LogP contribution is -2.34. The third kappa shape index (κ3) is 5.09. The zero-order valence-corrected chi connectivity index (χ0v) is 12.7. The van der Waals surface area contributed by atoms with Gasteiger partial charge in [-0.15, -0.1) is 0 Å². The lowest BCUT2D eigenvalue weighted by atomic mass is 9.95. The van der Waals surface area contributed by atoms with E-state index in [0.717, 1.165) is 29.9 Å².